The van der Waals surface area contributed by atoms with Crippen molar-refractivity contribution in [3.05, 3.63) is 0 Å². The highest BCUT2D eigenvalue weighted by Crippen LogP contribution is 2.36. The van der Waals surface area contributed by atoms with Gasteiger partial charge in [0, 0.05) is 12.1 Å². The fourth-order valence-corrected chi connectivity index (χ4v) is 3.51. The Balaban J connectivity index is 2.38. The lowest BCUT2D eigenvalue weighted by molar-refractivity contribution is 0.213. The third-order valence-electron chi connectivity index (χ3n) is 4.54. The second-order valence-corrected chi connectivity index (χ2v) is 7.97. The van der Waals surface area contributed by atoms with Gasteiger partial charge in [0.15, 0.2) is 0 Å². The van der Waals surface area contributed by atoms with Crippen LogP contribution in [0, 0.1) is 17.3 Å². The Kier molecular flexibility index (Phi) is 6.17. The molecule has 18 heavy (non-hydrogen) atoms. The Bertz CT molecular complexity index is 226. The maximum absolute atomic E-state index is 3.86. The molecular formula is C17H35N. The van der Waals surface area contributed by atoms with Gasteiger partial charge in [-0.05, 0) is 56.3 Å². The molecule has 1 nitrogen and oxygen atoms in total. The third-order valence-corrected chi connectivity index (χ3v) is 4.54. The van der Waals surface area contributed by atoms with Gasteiger partial charge < -0.3 is 5.32 Å². The van der Waals surface area contributed by atoms with E-state index in [2.05, 4.69) is 46.9 Å². The van der Waals surface area contributed by atoms with Crippen LogP contribution in [0.3, 0.4) is 0 Å². The zero-order valence-corrected chi connectivity index (χ0v) is 13.6. The molecule has 1 fully saturated rings. The lowest BCUT2D eigenvalue weighted by atomic mass is 9.76. The zero-order valence-electron chi connectivity index (χ0n) is 13.6. The Hall–Kier alpha value is -0.0400. The molecule has 0 saturated heterocycles. The molecule has 1 rings (SSSR count). The third kappa shape index (κ3) is 5.73. The normalized spacial score (nSPS) is 28.2. The summed E-state index contributed by atoms with van der Waals surface area (Å²) in [4.78, 5) is 0. The second-order valence-electron chi connectivity index (χ2n) is 7.97. The summed E-state index contributed by atoms with van der Waals surface area (Å²) in [6.07, 6.45) is 8.32. The Morgan fingerprint density at radius 3 is 2.22 bits per heavy atom. The number of hydrogen-bond acceptors (Lipinski definition) is 1. The van der Waals surface area contributed by atoms with Crippen LogP contribution < -0.4 is 5.32 Å². The number of nitrogens with one attached hydrogen (secondary N) is 1. The van der Waals surface area contributed by atoms with E-state index in [0.29, 0.717) is 11.5 Å². The monoisotopic (exact) mass is 253 g/mol. The van der Waals surface area contributed by atoms with Crippen molar-refractivity contribution in [3.8, 4) is 0 Å². The molecule has 0 radical (unpaired) electrons. The molecule has 1 saturated carbocycles. The van der Waals surface area contributed by atoms with Crippen LogP contribution in [0.4, 0.5) is 0 Å². The Labute approximate surface area is 115 Å². The second kappa shape index (κ2) is 6.93. The minimum Gasteiger partial charge on any atom is -0.311 e. The topological polar surface area (TPSA) is 12.0 Å². The van der Waals surface area contributed by atoms with Crippen molar-refractivity contribution in [2.24, 2.45) is 17.3 Å². The summed E-state index contributed by atoms with van der Waals surface area (Å²) in [6.45, 7) is 14.2. The van der Waals surface area contributed by atoms with E-state index in [-0.39, 0.29) is 0 Å². The first kappa shape index (κ1) is 16.0. The van der Waals surface area contributed by atoms with E-state index in [1.807, 2.05) is 0 Å². The molecule has 0 heterocycles. The summed E-state index contributed by atoms with van der Waals surface area (Å²) in [5.41, 5.74) is 0.498. The van der Waals surface area contributed by atoms with Gasteiger partial charge in [0.1, 0.15) is 0 Å². The summed E-state index contributed by atoms with van der Waals surface area (Å²) in [7, 11) is 0. The quantitative estimate of drug-likeness (QED) is 0.695. The largest absolute Gasteiger partial charge is 0.311 e. The van der Waals surface area contributed by atoms with Crippen molar-refractivity contribution in [3.63, 3.8) is 0 Å². The van der Waals surface area contributed by atoms with Crippen LogP contribution in [-0.2, 0) is 0 Å². The predicted molar refractivity (Wildman–Crippen MR) is 81.9 cm³/mol. The van der Waals surface area contributed by atoms with Gasteiger partial charge in [-0.15, -0.1) is 0 Å². The molecule has 3 unspecified atom stereocenters. The summed E-state index contributed by atoms with van der Waals surface area (Å²) < 4.78 is 0. The molecule has 1 aliphatic rings. The first-order valence-electron chi connectivity index (χ1n) is 8.05. The van der Waals surface area contributed by atoms with Gasteiger partial charge in [0.25, 0.3) is 0 Å². The van der Waals surface area contributed by atoms with Crippen LogP contribution >= 0.6 is 0 Å². The minimum atomic E-state index is 0.498. The van der Waals surface area contributed by atoms with E-state index in [0.717, 1.165) is 17.9 Å². The molecule has 1 heteroatoms. The maximum Gasteiger partial charge on any atom is 0.00696 e. The average molecular weight is 253 g/mol. The van der Waals surface area contributed by atoms with Crippen molar-refractivity contribution in [2.45, 2.75) is 92.2 Å². The first-order chi connectivity index (χ1) is 8.29. The fraction of sp³-hybridized carbons (Fsp3) is 1.00. The lowest BCUT2D eigenvalue weighted by Gasteiger charge is -2.30. The molecule has 0 aromatic heterocycles. The highest BCUT2D eigenvalue weighted by atomic mass is 14.9. The average Bonchev–Trinajstić information content (AvgIpc) is 2.40. The standard InChI is InChI=1S/C17H35N/c1-13(2)12-14(3)18-16-9-7-8-15(10-11-16)17(4,5)6/h13-16,18H,7-12H2,1-6H3. The zero-order chi connectivity index (χ0) is 13.8. The Morgan fingerprint density at radius 2 is 1.67 bits per heavy atom. The van der Waals surface area contributed by atoms with Crippen molar-refractivity contribution in [1.29, 1.82) is 0 Å². The van der Waals surface area contributed by atoms with Gasteiger partial charge >= 0.3 is 0 Å². The highest BCUT2D eigenvalue weighted by molar-refractivity contribution is 4.82. The molecule has 0 spiro atoms. The highest BCUT2D eigenvalue weighted by Gasteiger charge is 2.28. The van der Waals surface area contributed by atoms with Gasteiger partial charge in [0.2, 0.25) is 0 Å². The molecular weight excluding hydrogens is 218 g/mol. The number of hydrogen-bond donors (Lipinski definition) is 1. The van der Waals surface area contributed by atoms with Gasteiger partial charge in [-0.3, -0.25) is 0 Å². The van der Waals surface area contributed by atoms with Gasteiger partial charge in [-0.1, -0.05) is 41.0 Å². The molecule has 0 aromatic carbocycles. The van der Waals surface area contributed by atoms with Crippen LogP contribution in [0.2, 0.25) is 0 Å². The molecule has 0 amide bonds. The van der Waals surface area contributed by atoms with E-state index in [1.54, 1.807) is 0 Å². The van der Waals surface area contributed by atoms with Crippen LogP contribution in [-0.4, -0.2) is 12.1 Å². The lowest BCUT2D eigenvalue weighted by Crippen LogP contribution is -2.37. The smallest absolute Gasteiger partial charge is 0.00696 e. The molecule has 108 valence electrons. The van der Waals surface area contributed by atoms with Crippen LogP contribution in [0.25, 0.3) is 0 Å². The van der Waals surface area contributed by atoms with Crippen LogP contribution in [0.5, 0.6) is 0 Å². The van der Waals surface area contributed by atoms with E-state index < -0.39 is 0 Å². The molecule has 1 N–H and O–H groups in total. The van der Waals surface area contributed by atoms with Crippen molar-refractivity contribution in [2.75, 3.05) is 0 Å². The van der Waals surface area contributed by atoms with E-state index in [1.165, 1.54) is 38.5 Å². The molecule has 3 atom stereocenters. The summed E-state index contributed by atoms with van der Waals surface area (Å²) in [5, 5.41) is 3.86. The van der Waals surface area contributed by atoms with Gasteiger partial charge in [-0.25, -0.2) is 0 Å². The van der Waals surface area contributed by atoms with E-state index in [4.69, 9.17) is 0 Å². The number of rotatable bonds is 4. The summed E-state index contributed by atoms with van der Waals surface area (Å²) in [6, 6.07) is 1.45. The maximum atomic E-state index is 3.86. The molecule has 0 bridgehead atoms. The fourth-order valence-electron chi connectivity index (χ4n) is 3.51. The van der Waals surface area contributed by atoms with Crippen LogP contribution in [0.1, 0.15) is 80.1 Å². The van der Waals surface area contributed by atoms with Crippen LogP contribution in [0.15, 0.2) is 0 Å². The molecule has 0 aromatic rings. The van der Waals surface area contributed by atoms with Crippen molar-refractivity contribution in [1.82, 2.24) is 5.32 Å². The van der Waals surface area contributed by atoms with Crippen molar-refractivity contribution < 1.29 is 0 Å². The van der Waals surface area contributed by atoms with E-state index >= 15 is 0 Å². The SMILES string of the molecule is CC(C)CC(C)NC1CCCC(C(C)(C)C)CC1. The molecule has 0 aliphatic heterocycles. The van der Waals surface area contributed by atoms with Gasteiger partial charge in [-0.2, -0.15) is 0 Å². The molecule has 1 aliphatic carbocycles. The summed E-state index contributed by atoms with van der Waals surface area (Å²) in [5.74, 6) is 1.73. The van der Waals surface area contributed by atoms with Crippen molar-refractivity contribution >= 4 is 0 Å². The first-order valence-corrected chi connectivity index (χ1v) is 8.05. The van der Waals surface area contributed by atoms with E-state index in [9.17, 15) is 0 Å². The Morgan fingerprint density at radius 1 is 1.00 bits per heavy atom. The minimum absolute atomic E-state index is 0.498. The van der Waals surface area contributed by atoms with Gasteiger partial charge in [0.05, 0.1) is 0 Å². The summed E-state index contributed by atoms with van der Waals surface area (Å²) >= 11 is 0. The predicted octanol–water partition coefficient (Wildman–Crippen LogP) is 5.01.